The van der Waals surface area contributed by atoms with E-state index in [4.69, 9.17) is 21.7 Å². The quantitative estimate of drug-likeness (QED) is 0.652. The molecule has 0 aromatic heterocycles. The zero-order chi connectivity index (χ0) is 14.2. The summed E-state index contributed by atoms with van der Waals surface area (Å²) in [5, 5.41) is 25.4. The van der Waals surface area contributed by atoms with Gasteiger partial charge in [-0.05, 0) is 13.3 Å². The Balaban J connectivity index is 0.000000494. The molecule has 0 aliphatic heterocycles. The summed E-state index contributed by atoms with van der Waals surface area (Å²) in [4.78, 5) is 21.3. The molecule has 1 aliphatic rings. The van der Waals surface area contributed by atoms with Gasteiger partial charge in [0, 0.05) is 12.0 Å². The highest BCUT2D eigenvalue weighted by molar-refractivity contribution is 5.90. The van der Waals surface area contributed by atoms with Crippen LogP contribution in [0.5, 0.6) is 0 Å². The molecule has 1 rings (SSSR count). The SMILES string of the molecule is C#CCCO.CC1(C(=O)O)C=CC=C(C(=O)O)C1. The van der Waals surface area contributed by atoms with Gasteiger partial charge in [-0.3, -0.25) is 4.79 Å². The number of hydrogen-bond acceptors (Lipinski definition) is 3. The number of terminal acetylenes is 1. The number of rotatable bonds is 3. The van der Waals surface area contributed by atoms with Crippen LogP contribution in [0.2, 0.25) is 0 Å². The third-order valence-corrected chi connectivity index (χ3v) is 2.34. The fraction of sp³-hybridized carbons (Fsp3) is 0.385. The van der Waals surface area contributed by atoms with Gasteiger partial charge in [-0.1, -0.05) is 18.2 Å². The van der Waals surface area contributed by atoms with E-state index in [1.165, 1.54) is 25.2 Å². The second-order valence-electron chi connectivity index (χ2n) is 3.93. The lowest BCUT2D eigenvalue weighted by molar-refractivity contribution is -0.145. The molecule has 1 unspecified atom stereocenters. The smallest absolute Gasteiger partial charge is 0.331 e. The molecular formula is C13H16O5. The number of hydrogen-bond donors (Lipinski definition) is 3. The Bertz CT molecular complexity index is 414. The second kappa shape index (κ2) is 7.30. The minimum Gasteiger partial charge on any atom is -0.481 e. The summed E-state index contributed by atoms with van der Waals surface area (Å²) >= 11 is 0. The van der Waals surface area contributed by atoms with Crippen LogP contribution >= 0.6 is 0 Å². The average molecular weight is 252 g/mol. The van der Waals surface area contributed by atoms with E-state index >= 15 is 0 Å². The molecular weight excluding hydrogens is 236 g/mol. The van der Waals surface area contributed by atoms with E-state index in [-0.39, 0.29) is 18.6 Å². The highest BCUT2D eigenvalue weighted by Gasteiger charge is 2.34. The lowest BCUT2D eigenvalue weighted by Gasteiger charge is -2.23. The topological polar surface area (TPSA) is 94.8 Å². The fourth-order valence-electron chi connectivity index (χ4n) is 1.25. The molecule has 98 valence electrons. The van der Waals surface area contributed by atoms with Crippen LogP contribution in [-0.2, 0) is 9.59 Å². The molecule has 0 spiro atoms. The number of aliphatic hydroxyl groups is 1. The maximum absolute atomic E-state index is 10.8. The fourth-order valence-corrected chi connectivity index (χ4v) is 1.25. The summed E-state index contributed by atoms with van der Waals surface area (Å²) in [7, 11) is 0. The third kappa shape index (κ3) is 4.85. The molecule has 1 aliphatic carbocycles. The molecule has 0 amide bonds. The molecule has 0 saturated heterocycles. The van der Waals surface area contributed by atoms with Crippen LogP contribution in [0.4, 0.5) is 0 Å². The number of aliphatic carboxylic acids is 2. The van der Waals surface area contributed by atoms with Crippen molar-refractivity contribution < 1.29 is 24.9 Å². The normalized spacial score (nSPS) is 21.1. The number of carboxylic acids is 2. The van der Waals surface area contributed by atoms with Crippen LogP contribution in [0.1, 0.15) is 19.8 Å². The molecule has 18 heavy (non-hydrogen) atoms. The molecule has 0 aromatic rings. The average Bonchev–Trinajstić information content (AvgIpc) is 2.30. The molecule has 3 N–H and O–H groups in total. The first-order chi connectivity index (χ1) is 8.37. The van der Waals surface area contributed by atoms with Gasteiger partial charge in [-0.15, -0.1) is 12.3 Å². The van der Waals surface area contributed by atoms with Gasteiger partial charge in [0.15, 0.2) is 0 Å². The third-order valence-electron chi connectivity index (χ3n) is 2.34. The number of allylic oxidation sites excluding steroid dienone is 2. The summed E-state index contributed by atoms with van der Waals surface area (Å²) in [6, 6.07) is 0. The van der Waals surface area contributed by atoms with Crippen LogP contribution in [0.15, 0.2) is 23.8 Å². The van der Waals surface area contributed by atoms with Gasteiger partial charge in [0.25, 0.3) is 0 Å². The highest BCUT2D eigenvalue weighted by Crippen LogP contribution is 2.31. The molecule has 5 heteroatoms. The van der Waals surface area contributed by atoms with Crippen molar-refractivity contribution >= 4 is 11.9 Å². The number of carbonyl (C=O) groups is 2. The maximum Gasteiger partial charge on any atom is 0.331 e. The van der Waals surface area contributed by atoms with Crippen molar-refractivity contribution in [2.24, 2.45) is 5.41 Å². The molecule has 5 nitrogen and oxygen atoms in total. The van der Waals surface area contributed by atoms with E-state index in [0.29, 0.717) is 6.42 Å². The second-order valence-corrected chi connectivity index (χ2v) is 3.93. The Morgan fingerprint density at radius 3 is 2.44 bits per heavy atom. The minimum absolute atomic E-state index is 0.0359. The first kappa shape index (κ1) is 15.9. The van der Waals surface area contributed by atoms with E-state index in [1.54, 1.807) is 0 Å². The minimum atomic E-state index is -1.08. The van der Waals surface area contributed by atoms with Crippen molar-refractivity contribution in [2.75, 3.05) is 6.61 Å². The Morgan fingerprint density at radius 2 is 2.11 bits per heavy atom. The van der Waals surface area contributed by atoms with Crippen molar-refractivity contribution in [1.82, 2.24) is 0 Å². The first-order valence-corrected chi connectivity index (χ1v) is 5.27. The van der Waals surface area contributed by atoms with Crippen LogP contribution < -0.4 is 0 Å². The molecule has 0 aromatic carbocycles. The summed E-state index contributed by atoms with van der Waals surface area (Å²) < 4.78 is 0. The summed E-state index contributed by atoms with van der Waals surface area (Å²) in [6.07, 6.45) is 9.64. The van der Waals surface area contributed by atoms with Crippen molar-refractivity contribution in [3.63, 3.8) is 0 Å². The van der Waals surface area contributed by atoms with Gasteiger partial charge in [0.2, 0.25) is 0 Å². The molecule has 0 fully saturated rings. The van der Waals surface area contributed by atoms with E-state index < -0.39 is 17.4 Å². The summed E-state index contributed by atoms with van der Waals surface area (Å²) in [5.41, 5.74) is -0.949. The predicted molar refractivity (Wildman–Crippen MR) is 65.8 cm³/mol. The standard InChI is InChI=1S/C9H10O4.C4H6O/c1-9(8(12)13)4-2-3-6(5-9)7(10)11;1-2-3-4-5/h2-4H,5H2,1H3,(H,10,11)(H,12,13);1,5H,3-4H2. The lowest BCUT2D eigenvalue weighted by atomic mass is 9.80. The van der Waals surface area contributed by atoms with Gasteiger partial charge in [-0.25, -0.2) is 4.79 Å². The maximum atomic E-state index is 10.8. The van der Waals surface area contributed by atoms with Crippen molar-refractivity contribution in [3.05, 3.63) is 23.8 Å². The van der Waals surface area contributed by atoms with Crippen LogP contribution in [0.25, 0.3) is 0 Å². The van der Waals surface area contributed by atoms with Gasteiger partial charge < -0.3 is 15.3 Å². The summed E-state index contributed by atoms with van der Waals surface area (Å²) in [6.45, 7) is 1.61. The van der Waals surface area contributed by atoms with E-state index in [0.717, 1.165) is 0 Å². The Labute approximate surface area is 105 Å². The van der Waals surface area contributed by atoms with Crippen molar-refractivity contribution in [3.8, 4) is 12.3 Å². The van der Waals surface area contributed by atoms with Gasteiger partial charge >= 0.3 is 11.9 Å². The van der Waals surface area contributed by atoms with Gasteiger partial charge in [0.1, 0.15) is 0 Å². The first-order valence-electron chi connectivity index (χ1n) is 5.27. The Hall–Kier alpha value is -2.06. The molecule has 0 radical (unpaired) electrons. The van der Waals surface area contributed by atoms with Crippen LogP contribution in [-0.4, -0.2) is 33.9 Å². The van der Waals surface area contributed by atoms with Crippen LogP contribution in [0, 0.1) is 17.8 Å². The van der Waals surface area contributed by atoms with Gasteiger partial charge in [0.05, 0.1) is 12.0 Å². The number of aliphatic hydroxyl groups excluding tert-OH is 1. The predicted octanol–water partition coefficient (Wildman–Crippen LogP) is 1.05. The summed E-state index contributed by atoms with van der Waals surface area (Å²) in [5.74, 6) is 0.205. The number of carboxylic acid groups (broad SMARTS) is 2. The van der Waals surface area contributed by atoms with E-state index in [1.807, 2.05) is 0 Å². The Kier molecular flexibility index (Phi) is 6.47. The lowest BCUT2D eigenvalue weighted by Crippen LogP contribution is -2.28. The molecule has 1 atom stereocenters. The highest BCUT2D eigenvalue weighted by atomic mass is 16.4. The van der Waals surface area contributed by atoms with Crippen molar-refractivity contribution in [1.29, 1.82) is 0 Å². The van der Waals surface area contributed by atoms with E-state index in [2.05, 4.69) is 5.92 Å². The Morgan fingerprint density at radius 1 is 1.50 bits per heavy atom. The largest absolute Gasteiger partial charge is 0.481 e. The van der Waals surface area contributed by atoms with Gasteiger partial charge in [-0.2, -0.15) is 0 Å². The zero-order valence-electron chi connectivity index (χ0n) is 10.1. The zero-order valence-corrected chi connectivity index (χ0v) is 10.1. The monoisotopic (exact) mass is 252 g/mol. The molecule has 0 bridgehead atoms. The molecule has 0 saturated carbocycles. The van der Waals surface area contributed by atoms with Crippen molar-refractivity contribution in [2.45, 2.75) is 19.8 Å². The van der Waals surface area contributed by atoms with Crippen LogP contribution in [0.3, 0.4) is 0 Å². The molecule has 0 heterocycles. The van der Waals surface area contributed by atoms with E-state index in [9.17, 15) is 9.59 Å².